The van der Waals surface area contributed by atoms with E-state index in [0.717, 1.165) is 32.2 Å². The van der Waals surface area contributed by atoms with Gasteiger partial charge in [0, 0.05) is 11.9 Å². The summed E-state index contributed by atoms with van der Waals surface area (Å²) in [5, 5.41) is 4.04. The van der Waals surface area contributed by atoms with Crippen LogP contribution in [0.1, 0.15) is 32.1 Å². The Balaban J connectivity index is 3.00. The van der Waals surface area contributed by atoms with Gasteiger partial charge in [-0.25, -0.2) is 9.20 Å². The number of hydrogen-bond donors (Lipinski definition) is 0. The van der Waals surface area contributed by atoms with E-state index in [9.17, 15) is 4.21 Å². The lowest BCUT2D eigenvalue weighted by atomic mass is 10.2. The predicted molar refractivity (Wildman–Crippen MR) is 57.2 cm³/mol. The van der Waals surface area contributed by atoms with Crippen molar-refractivity contribution in [3.8, 4) is 0 Å². The van der Waals surface area contributed by atoms with Crippen LogP contribution in [0.15, 0.2) is 4.99 Å². The lowest BCUT2D eigenvalue weighted by Crippen LogP contribution is -1.82. The summed E-state index contributed by atoms with van der Waals surface area (Å²) in [7, 11) is 0. The molecule has 68 valence electrons. The van der Waals surface area contributed by atoms with Gasteiger partial charge >= 0.3 is 0 Å². The zero-order valence-corrected chi connectivity index (χ0v) is 8.62. The van der Waals surface area contributed by atoms with Crippen molar-refractivity contribution in [3.05, 3.63) is 0 Å². The van der Waals surface area contributed by atoms with E-state index in [1.807, 2.05) is 0 Å². The van der Waals surface area contributed by atoms with Crippen molar-refractivity contribution in [1.29, 1.82) is 0 Å². The maximum absolute atomic E-state index is 9.93. The highest BCUT2D eigenvalue weighted by atomic mass is 32.1. The van der Waals surface area contributed by atoms with E-state index in [0.29, 0.717) is 11.3 Å². The molecule has 0 aliphatic carbocycles. The highest BCUT2D eigenvalue weighted by Gasteiger charge is 1.87. The number of nitrogens with zero attached hydrogens (tertiary/aromatic N) is 1. The number of isothiocyanates is 1. The molecule has 0 rings (SSSR count). The molecule has 0 aliphatic rings. The van der Waals surface area contributed by atoms with Crippen molar-refractivity contribution in [2.24, 2.45) is 4.99 Å². The van der Waals surface area contributed by atoms with Crippen molar-refractivity contribution in [1.82, 2.24) is 0 Å². The number of rotatable bonds is 7. The van der Waals surface area contributed by atoms with Crippen molar-refractivity contribution >= 4 is 34.0 Å². The summed E-state index contributed by atoms with van der Waals surface area (Å²) >= 11 is 4.98. The molecule has 0 saturated heterocycles. The van der Waals surface area contributed by atoms with Crippen LogP contribution in [0.3, 0.4) is 0 Å². The van der Waals surface area contributed by atoms with Gasteiger partial charge in [0.25, 0.3) is 0 Å². The van der Waals surface area contributed by atoms with Crippen molar-refractivity contribution in [2.45, 2.75) is 32.1 Å². The van der Waals surface area contributed by atoms with Crippen LogP contribution in [0.5, 0.6) is 0 Å². The van der Waals surface area contributed by atoms with E-state index in [-0.39, 0.29) is 0 Å². The smallest absolute Gasteiger partial charge is 0.0841 e. The molecule has 0 N–H and O–H groups in total. The van der Waals surface area contributed by atoms with E-state index in [4.69, 9.17) is 0 Å². The maximum Gasteiger partial charge on any atom is 0.0841 e. The first-order valence-electron chi connectivity index (χ1n) is 4.05. The lowest BCUT2D eigenvalue weighted by Gasteiger charge is -1.94. The Bertz CT molecular complexity index is 171. The fourth-order valence-electron chi connectivity index (χ4n) is 0.866. The summed E-state index contributed by atoms with van der Waals surface area (Å²) in [5.74, 6) is 0. The summed E-state index contributed by atoms with van der Waals surface area (Å²) in [6, 6.07) is 0. The lowest BCUT2D eigenvalue weighted by molar-refractivity contribution is 0.663. The summed E-state index contributed by atoms with van der Waals surface area (Å²) in [6.45, 7) is 0.795. The molecule has 0 bridgehead atoms. The van der Waals surface area contributed by atoms with Crippen molar-refractivity contribution in [3.63, 3.8) is 0 Å². The Morgan fingerprint density at radius 2 is 2.08 bits per heavy atom. The third kappa shape index (κ3) is 9.69. The van der Waals surface area contributed by atoms with Gasteiger partial charge in [-0.15, -0.1) is 0 Å². The SMILES string of the molecule is O=S=CCCCCCCN=C=S. The Kier molecular flexibility index (Phi) is 10.4. The van der Waals surface area contributed by atoms with E-state index in [1.165, 1.54) is 6.42 Å². The fourth-order valence-corrected chi connectivity index (χ4v) is 1.22. The molecule has 0 spiro atoms. The molecule has 0 saturated carbocycles. The highest BCUT2D eigenvalue weighted by molar-refractivity contribution is 7.78. The quantitative estimate of drug-likeness (QED) is 0.360. The van der Waals surface area contributed by atoms with Crippen LogP contribution in [-0.2, 0) is 11.3 Å². The molecular weight excluding hydrogens is 190 g/mol. The van der Waals surface area contributed by atoms with Gasteiger partial charge in [-0.1, -0.05) is 12.8 Å². The molecule has 0 fully saturated rings. The second-order valence-corrected chi connectivity index (χ2v) is 3.15. The standard InChI is InChI=1S/C8H13NOS2/c10-12-7-5-3-1-2-4-6-9-8-11/h7H,1-6H2. The van der Waals surface area contributed by atoms with Gasteiger partial charge in [-0.3, -0.25) is 0 Å². The Labute approximate surface area is 82.2 Å². The van der Waals surface area contributed by atoms with Gasteiger partial charge in [0.05, 0.1) is 16.4 Å². The van der Waals surface area contributed by atoms with Gasteiger partial charge in [-0.05, 0) is 31.5 Å². The fraction of sp³-hybridized carbons (Fsp3) is 0.750. The number of thiocarbonyl (C=S) groups is 1. The second kappa shape index (κ2) is 10.7. The molecule has 0 amide bonds. The number of hydrogen-bond acceptors (Lipinski definition) is 3. The topological polar surface area (TPSA) is 29.4 Å². The zero-order chi connectivity index (χ0) is 9.07. The number of aliphatic imine (C=N–C) groups is 1. The molecule has 2 nitrogen and oxygen atoms in total. The molecular formula is C8H13NOS2. The average Bonchev–Trinajstić information content (AvgIpc) is 2.10. The summed E-state index contributed by atoms with van der Waals surface area (Å²) in [6.07, 6.45) is 5.44. The Morgan fingerprint density at radius 1 is 1.33 bits per heavy atom. The van der Waals surface area contributed by atoms with Gasteiger partial charge < -0.3 is 0 Å². The number of unbranched alkanes of at least 4 members (excludes halogenated alkanes) is 4. The largest absolute Gasteiger partial charge is 0.233 e. The minimum absolute atomic E-state index is 0.556. The van der Waals surface area contributed by atoms with E-state index in [2.05, 4.69) is 22.4 Å². The first-order chi connectivity index (χ1) is 5.91. The van der Waals surface area contributed by atoms with Crippen molar-refractivity contribution in [2.75, 3.05) is 6.54 Å². The summed E-state index contributed by atoms with van der Waals surface area (Å²) < 4.78 is 9.93. The van der Waals surface area contributed by atoms with Crippen LogP contribution in [0.25, 0.3) is 0 Å². The van der Waals surface area contributed by atoms with Gasteiger partial charge in [0.1, 0.15) is 0 Å². The highest BCUT2D eigenvalue weighted by Crippen LogP contribution is 2.01. The zero-order valence-electron chi connectivity index (χ0n) is 6.99. The van der Waals surface area contributed by atoms with Crippen LogP contribution < -0.4 is 0 Å². The van der Waals surface area contributed by atoms with Crippen LogP contribution in [0, 0.1) is 0 Å². The van der Waals surface area contributed by atoms with Gasteiger partial charge in [0.2, 0.25) is 0 Å². The van der Waals surface area contributed by atoms with Crippen molar-refractivity contribution < 1.29 is 4.21 Å². The Morgan fingerprint density at radius 3 is 2.75 bits per heavy atom. The summed E-state index contributed by atoms with van der Waals surface area (Å²) in [5.41, 5.74) is 0. The minimum atomic E-state index is 0.556. The van der Waals surface area contributed by atoms with Gasteiger partial charge in [0.15, 0.2) is 0 Å². The molecule has 0 aromatic rings. The maximum atomic E-state index is 9.93. The van der Waals surface area contributed by atoms with Crippen LogP contribution in [0.2, 0.25) is 0 Å². The molecule has 0 radical (unpaired) electrons. The van der Waals surface area contributed by atoms with Gasteiger partial charge in [-0.2, -0.15) is 0 Å². The third-order valence-electron chi connectivity index (χ3n) is 1.47. The molecule has 0 heterocycles. The molecule has 0 aromatic heterocycles. The Hall–Kier alpha value is -0.310. The van der Waals surface area contributed by atoms with Crippen LogP contribution >= 0.6 is 12.2 Å². The molecule has 4 heteroatoms. The minimum Gasteiger partial charge on any atom is -0.233 e. The first-order valence-corrected chi connectivity index (χ1v) is 5.27. The molecule has 0 unspecified atom stereocenters. The monoisotopic (exact) mass is 203 g/mol. The molecule has 0 aromatic carbocycles. The molecule has 0 atom stereocenters. The molecule has 12 heavy (non-hydrogen) atoms. The predicted octanol–water partition coefficient (Wildman–Crippen LogP) is 2.05. The van der Waals surface area contributed by atoms with Crippen LogP contribution in [-0.4, -0.2) is 21.3 Å². The van der Waals surface area contributed by atoms with E-state index < -0.39 is 0 Å². The summed E-state index contributed by atoms with van der Waals surface area (Å²) in [4.78, 5) is 3.81. The first kappa shape index (κ1) is 11.7. The average molecular weight is 203 g/mol. The van der Waals surface area contributed by atoms with E-state index >= 15 is 0 Å². The molecule has 0 aliphatic heterocycles. The third-order valence-corrected chi connectivity index (χ3v) is 1.98. The van der Waals surface area contributed by atoms with Crippen LogP contribution in [0.4, 0.5) is 0 Å². The van der Waals surface area contributed by atoms with E-state index in [1.54, 1.807) is 5.37 Å². The second-order valence-electron chi connectivity index (χ2n) is 2.44. The normalized spacial score (nSPS) is 8.67.